The number of halogens is 2. The number of benzene rings is 2. The fourth-order valence-corrected chi connectivity index (χ4v) is 1.81. The van der Waals surface area contributed by atoms with Crippen molar-refractivity contribution in [3.8, 4) is 0 Å². The monoisotopic (exact) mass is 322 g/mol. The normalized spacial score (nSPS) is 10.4. The van der Waals surface area contributed by atoms with Gasteiger partial charge in [-0.2, -0.15) is 0 Å². The van der Waals surface area contributed by atoms with Crippen LogP contribution < -0.4 is 5.32 Å². The van der Waals surface area contributed by atoms with Crippen LogP contribution in [0.2, 0.25) is 0 Å². The third kappa shape index (κ3) is 4.47. The Morgan fingerprint density at radius 3 is 2.52 bits per heavy atom. The molecule has 0 aliphatic rings. The molecule has 0 heterocycles. The summed E-state index contributed by atoms with van der Waals surface area (Å²) in [6.45, 7) is -0.0183. The van der Waals surface area contributed by atoms with Gasteiger partial charge < -0.3 is 4.74 Å². The summed E-state index contributed by atoms with van der Waals surface area (Å²) in [5, 5.41) is 13.1. The average Bonchev–Trinajstić information content (AvgIpc) is 2.54. The third-order valence-electron chi connectivity index (χ3n) is 2.92. The van der Waals surface area contributed by atoms with Gasteiger partial charge in [0.2, 0.25) is 0 Å². The van der Waals surface area contributed by atoms with Gasteiger partial charge in [0.25, 0.3) is 12.1 Å². The van der Waals surface area contributed by atoms with Gasteiger partial charge in [-0.05, 0) is 11.6 Å². The maximum absolute atomic E-state index is 12.6. The fraction of sp³-hybridized carbons (Fsp3) is 0.133. The first kappa shape index (κ1) is 16.3. The van der Waals surface area contributed by atoms with Crippen LogP contribution in [0, 0.1) is 10.1 Å². The van der Waals surface area contributed by atoms with Crippen molar-refractivity contribution < 1.29 is 23.2 Å². The Kier molecular flexibility index (Phi) is 5.19. The second kappa shape index (κ2) is 7.30. The molecule has 120 valence electrons. The predicted molar refractivity (Wildman–Crippen MR) is 78.3 cm³/mol. The van der Waals surface area contributed by atoms with E-state index >= 15 is 0 Å². The minimum atomic E-state index is -2.84. The predicted octanol–water partition coefficient (Wildman–Crippen LogP) is 4.28. The van der Waals surface area contributed by atoms with Gasteiger partial charge in [0.15, 0.2) is 0 Å². The van der Waals surface area contributed by atoms with Gasteiger partial charge in [-0.3, -0.25) is 15.4 Å². The highest BCUT2D eigenvalue weighted by molar-refractivity contribution is 5.87. The zero-order chi connectivity index (χ0) is 16.8. The Morgan fingerprint density at radius 2 is 1.91 bits per heavy atom. The van der Waals surface area contributed by atoms with Crippen molar-refractivity contribution >= 4 is 17.5 Å². The lowest BCUT2D eigenvalue weighted by Crippen LogP contribution is -2.14. The highest BCUT2D eigenvalue weighted by Crippen LogP contribution is 2.30. The molecule has 2 aromatic carbocycles. The third-order valence-corrected chi connectivity index (χ3v) is 2.92. The second-order valence-corrected chi connectivity index (χ2v) is 4.52. The molecular weight excluding hydrogens is 310 g/mol. The number of hydrogen-bond acceptors (Lipinski definition) is 4. The molecule has 0 saturated carbocycles. The Hall–Kier alpha value is -3.03. The van der Waals surface area contributed by atoms with Crippen molar-refractivity contribution in [3.63, 3.8) is 0 Å². The second-order valence-electron chi connectivity index (χ2n) is 4.52. The van der Waals surface area contributed by atoms with E-state index in [-0.39, 0.29) is 12.3 Å². The molecule has 6 nitrogen and oxygen atoms in total. The van der Waals surface area contributed by atoms with Crippen LogP contribution in [0.4, 0.5) is 25.0 Å². The van der Waals surface area contributed by atoms with Gasteiger partial charge in [-0.25, -0.2) is 13.6 Å². The lowest BCUT2D eigenvalue weighted by atomic mass is 10.2. The van der Waals surface area contributed by atoms with Crippen LogP contribution >= 0.6 is 0 Å². The van der Waals surface area contributed by atoms with E-state index in [4.69, 9.17) is 4.74 Å². The topological polar surface area (TPSA) is 81.5 Å². The highest BCUT2D eigenvalue weighted by Gasteiger charge is 2.20. The molecule has 1 amide bonds. The smallest absolute Gasteiger partial charge is 0.412 e. The first-order chi connectivity index (χ1) is 11.0. The van der Waals surface area contributed by atoms with Gasteiger partial charge in [0.05, 0.1) is 4.92 Å². The first-order valence-corrected chi connectivity index (χ1v) is 6.51. The Balaban J connectivity index is 2.06. The van der Waals surface area contributed by atoms with Crippen LogP contribution in [-0.2, 0) is 11.3 Å². The summed E-state index contributed by atoms with van der Waals surface area (Å²) in [6.07, 6.45) is -3.76. The first-order valence-electron chi connectivity index (χ1n) is 6.51. The summed E-state index contributed by atoms with van der Waals surface area (Å²) in [5.41, 5.74) is -0.595. The molecule has 0 atom stereocenters. The molecule has 0 spiro atoms. The molecule has 0 fully saturated rings. The zero-order valence-corrected chi connectivity index (χ0v) is 11.7. The summed E-state index contributed by atoms with van der Waals surface area (Å²) < 4.78 is 30.1. The standard InChI is InChI=1S/C15H12F2N2O4/c16-14(17)11-6-7-12(13(8-11)19(21)22)18-15(20)23-9-10-4-2-1-3-5-10/h1-8,14H,9H2,(H,18,20). The van der Waals surface area contributed by atoms with E-state index in [1.54, 1.807) is 30.3 Å². The quantitative estimate of drug-likeness (QED) is 0.658. The van der Waals surface area contributed by atoms with E-state index in [0.29, 0.717) is 0 Å². The van der Waals surface area contributed by atoms with Crippen LogP contribution in [0.5, 0.6) is 0 Å². The van der Waals surface area contributed by atoms with E-state index in [0.717, 1.165) is 23.8 Å². The highest BCUT2D eigenvalue weighted by atomic mass is 19.3. The van der Waals surface area contributed by atoms with Crippen molar-refractivity contribution in [2.75, 3.05) is 5.32 Å². The lowest BCUT2D eigenvalue weighted by molar-refractivity contribution is -0.384. The number of hydrogen-bond donors (Lipinski definition) is 1. The number of rotatable bonds is 5. The molecule has 0 aromatic heterocycles. The van der Waals surface area contributed by atoms with Gasteiger partial charge in [0.1, 0.15) is 12.3 Å². The Labute approximate surface area is 129 Å². The van der Waals surface area contributed by atoms with Gasteiger partial charge in [0, 0.05) is 11.6 Å². The summed E-state index contributed by atoms with van der Waals surface area (Å²) >= 11 is 0. The average molecular weight is 322 g/mol. The van der Waals surface area contributed by atoms with E-state index in [1.165, 1.54) is 0 Å². The van der Waals surface area contributed by atoms with Crippen LogP contribution in [0.25, 0.3) is 0 Å². The molecule has 1 N–H and O–H groups in total. The summed E-state index contributed by atoms with van der Waals surface area (Å²) in [5.74, 6) is 0. The van der Waals surface area contributed by atoms with Crippen LogP contribution in [0.1, 0.15) is 17.6 Å². The molecule has 0 unspecified atom stereocenters. The number of alkyl halides is 2. The van der Waals surface area contributed by atoms with Crippen LogP contribution in [-0.4, -0.2) is 11.0 Å². The minimum absolute atomic E-state index is 0.0183. The van der Waals surface area contributed by atoms with Crippen molar-refractivity contribution in [2.24, 2.45) is 0 Å². The molecule has 23 heavy (non-hydrogen) atoms. The van der Waals surface area contributed by atoms with Crippen molar-refractivity contribution in [1.82, 2.24) is 0 Å². The van der Waals surface area contributed by atoms with Crippen molar-refractivity contribution in [2.45, 2.75) is 13.0 Å². The Bertz CT molecular complexity index is 708. The van der Waals surface area contributed by atoms with Gasteiger partial charge in [-0.1, -0.05) is 36.4 Å². The molecule has 0 radical (unpaired) electrons. The Morgan fingerprint density at radius 1 is 1.22 bits per heavy atom. The summed E-state index contributed by atoms with van der Waals surface area (Å²) in [7, 11) is 0. The number of carbonyl (C=O) groups is 1. The molecular formula is C15H12F2N2O4. The number of ether oxygens (including phenoxy) is 1. The van der Waals surface area contributed by atoms with Crippen LogP contribution in [0.15, 0.2) is 48.5 Å². The van der Waals surface area contributed by atoms with E-state index in [1.807, 2.05) is 0 Å². The molecule has 2 aromatic rings. The molecule has 8 heteroatoms. The van der Waals surface area contributed by atoms with Crippen molar-refractivity contribution in [1.29, 1.82) is 0 Å². The minimum Gasteiger partial charge on any atom is -0.444 e. The molecule has 0 aliphatic carbocycles. The zero-order valence-electron chi connectivity index (χ0n) is 11.7. The maximum Gasteiger partial charge on any atom is 0.412 e. The number of anilines is 1. The molecule has 0 bridgehead atoms. The van der Waals surface area contributed by atoms with E-state index in [2.05, 4.69) is 5.32 Å². The van der Waals surface area contributed by atoms with E-state index in [9.17, 15) is 23.7 Å². The van der Waals surface area contributed by atoms with Gasteiger partial charge >= 0.3 is 6.09 Å². The molecule has 2 rings (SSSR count). The molecule has 0 aliphatic heterocycles. The number of carbonyl (C=O) groups excluding carboxylic acids is 1. The number of nitro groups is 1. The van der Waals surface area contributed by atoms with Crippen LogP contribution in [0.3, 0.4) is 0 Å². The number of amides is 1. The molecule has 0 saturated heterocycles. The summed E-state index contributed by atoms with van der Waals surface area (Å²) in [4.78, 5) is 21.8. The largest absolute Gasteiger partial charge is 0.444 e. The number of nitrogens with one attached hydrogen (secondary N) is 1. The van der Waals surface area contributed by atoms with Gasteiger partial charge in [-0.15, -0.1) is 0 Å². The number of nitro benzene ring substituents is 1. The van der Waals surface area contributed by atoms with Crippen molar-refractivity contribution in [3.05, 3.63) is 69.8 Å². The fourth-order valence-electron chi connectivity index (χ4n) is 1.81. The summed E-state index contributed by atoms with van der Waals surface area (Å²) in [6, 6.07) is 11.6. The lowest BCUT2D eigenvalue weighted by Gasteiger charge is -2.08. The number of nitrogens with zero attached hydrogens (tertiary/aromatic N) is 1. The maximum atomic E-state index is 12.6. The van der Waals surface area contributed by atoms with E-state index < -0.39 is 28.7 Å². The SMILES string of the molecule is O=C(Nc1ccc(C(F)F)cc1[N+](=O)[O-])OCc1ccccc1.